The van der Waals surface area contributed by atoms with Gasteiger partial charge in [0, 0.05) is 0 Å². The lowest BCUT2D eigenvalue weighted by atomic mass is 9.84. The van der Waals surface area contributed by atoms with Gasteiger partial charge in [-0.2, -0.15) is 0 Å². The molecule has 0 fully saturated rings. The second-order valence-electron chi connectivity index (χ2n) is 7.16. The van der Waals surface area contributed by atoms with Gasteiger partial charge in [-0.25, -0.2) is 9.59 Å². The number of aromatic carboxylic acids is 2. The van der Waals surface area contributed by atoms with Crippen LogP contribution in [0.2, 0.25) is 0 Å². The van der Waals surface area contributed by atoms with Crippen molar-refractivity contribution in [2.45, 2.75) is 90.4 Å². The van der Waals surface area contributed by atoms with E-state index in [1.807, 2.05) is 0 Å². The highest BCUT2D eigenvalue weighted by atomic mass is 16.4. The Morgan fingerprint density at radius 3 is 1.92 bits per heavy atom. The maximum Gasteiger partial charge on any atom is 0.335 e. The van der Waals surface area contributed by atoms with Crippen LogP contribution in [0.1, 0.15) is 117 Å². The zero-order valence-corrected chi connectivity index (χ0v) is 16.3. The van der Waals surface area contributed by atoms with Gasteiger partial charge in [0.05, 0.1) is 11.1 Å². The van der Waals surface area contributed by atoms with Crippen LogP contribution >= 0.6 is 0 Å². The minimum absolute atomic E-state index is 0.123. The molecular formula is C22H34O4. The van der Waals surface area contributed by atoms with Crippen molar-refractivity contribution in [1.29, 1.82) is 0 Å². The molecule has 1 aromatic carbocycles. The van der Waals surface area contributed by atoms with Gasteiger partial charge in [0.2, 0.25) is 0 Å². The average Bonchev–Trinajstić information content (AvgIpc) is 2.62. The van der Waals surface area contributed by atoms with Crippen molar-refractivity contribution in [2.24, 2.45) is 0 Å². The van der Waals surface area contributed by atoms with Gasteiger partial charge in [-0.05, 0) is 42.5 Å². The van der Waals surface area contributed by atoms with Crippen molar-refractivity contribution in [3.05, 3.63) is 34.9 Å². The highest BCUT2D eigenvalue weighted by molar-refractivity contribution is 5.93. The molecule has 26 heavy (non-hydrogen) atoms. The first-order valence-corrected chi connectivity index (χ1v) is 10.1. The molecule has 4 nitrogen and oxygen atoms in total. The summed E-state index contributed by atoms with van der Waals surface area (Å²) in [6, 6.07) is 4.43. The molecule has 0 aromatic heterocycles. The lowest BCUT2D eigenvalue weighted by Gasteiger charge is -2.20. The number of benzene rings is 1. The maximum absolute atomic E-state index is 11.6. The van der Waals surface area contributed by atoms with E-state index in [1.165, 1.54) is 37.8 Å². The van der Waals surface area contributed by atoms with E-state index in [0.717, 1.165) is 44.9 Å². The fraction of sp³-hybridized carbons (Fsp3) is 0.636. The number of carboxylic acid groups (broad SMARTS) is 2. The Hall–Kier alpha value is -1.84. The van der Waals surface area contributed by atoms with Crippen molar-refractivity contribution in [3.63, 3.8) is 0 Å². The van der Waals surface area contributed by atoms with E-state index in [4.69, 9.17) is 0 Å². The third kappa shape index (κ3) is 7.59. The molecule has 1 unspecified atom stereocenters. The van der Waals surface area contributed by atoms with Crippen LogP contribution in [0.15, 0.2) is 18.2 Å². The Labute approximate surface area is 157 Å². The monoisotopic (exact) mass is 362 g/mol. The largest absolute Gasteiger partial charge is 0.478 e. The topological polar surface area (TPSA) is 74.6 Å². The number of carboxylic acids is 2. The summed E-state index contributed by atoms with van der Waals surface area (Å²) in [5.41, 5.74) is 1.12. The average molecular weight is 363 g/mol. The lowest BCUT2D eigenvalue weighted by molar-refractivity contribution is 0.0679. The van der Waals surface area contributed by atoms with Crippen LogP contribution in [-0.2, 0) is 0 Å². The van der Waals surface area contributed by atoms with Gasteiger partial charge in [-0.1, -0.05) is 71.6 Å². The second kappa shape index (κ2) is 12.5. The first-order chi connectivity index (χ1) is 12.5. The Kier molecular flexibility index (Phi) is 10.7. The van der Waals surface area contributed by atoms with Crippen LogP contribution in [-0.4, -0.2) is 22.2 Å². The summed E-state index contributed by atoms with van der Waals surface area (Å²) in [6.45, 7) is 4.35. The van der Waals surface area contributed by atoms with Crippen LogP contribution in [0.3, 0.4) is 0 Å². The SMILES string of the molecule is CCCCCCCCC(CCCCC)c1cc(C(=O)O)ccc1C(=O)O. The van der Waals surface area contributed by atoms with Crippen LogP contribution < -0.4 is 0 Å². The normalized spacial score (nSPS) is 12.1. The first-order valence-electron chi connectivity index (χ1n) is 10.1. The predicted molar refractivity (Wildman–Crippen MR) is 105 cm³/mol. The zero-order chi connectivity index (χ0) is 19.4. The van der Waals surface area contributed by atoms with Gasteiger partial charge >= 0.3 is 11.9 Å². The Balaban J connectivity index is 2.90. The second-order valence-corrected chi connectivity index (χ2v) is 7.16. The van der Waals surface area contributed by atoms with Gasteiger partial charge in [-0.3, -0.25) is 0 Å². The van der Waals surface area contributed by atoms with Crippen molar-refractivity contribution in [1.82, 2.24) is 0 Å². The minimum atomic E-state index is -1.00. The molecule has 0 aliphatic carbocycles. The number of hydrogen-bond acceptors (Lipinski definition) is 2. The van der Waals surface area contributed by atoms with Crippen molar-refractivity contribution in [2.75, 3.05) is 0 Å². The Bertz CT molecular complexity index is 565. The number of unbranched alkanes of at least 4 members (excludes halogenated alkanes) is 7. The molecule has 0 radical (unpaired) electrons. The lowest BCUT2D eigenvalue weighted by Crippen LogP contribution is -2.10. The van der Waals surface area contributed by atoms with Crippen LogP contribution in [0.4, 0.5) is 0 Å². The van der Waals surface area contributed by atoms with Gasteiger partial charge in [-0.15, -0.1) is 0 Å². The highest BCUT2D eigenvalue weighted by Gasteiger charge is 2.20. The van der Waals surface area contributed by atoms with Gasteiger partial charge < -0.3 is 10.2 Å². The summed E-state index contributed by atoms with van der Waals surface area (Å²) in [5.74, 6) is -1.85. The summed E-state index contributed by atoms with van der Waals surface area (Å²) < 4.78 is 0. The molecule has 1 aromatic rings. The fourth-order valence-electron chi connectivity index (χ4n) is 3.50. The van der Waals surface area contributed by atoms with Crippen LogP contribution in [0.25, 0.3) is 0 Å². The minimum Gasteiger partial charge on any atom is -0.478 e. The molecule has 1 atom stereocenters. The molecule has 0 heterocycles. The smallest absolute Gasteiger partial charge is 0.335 e. The molecule has 146 valence electrons. The predicted octanol–water partition coefficient (Wildman–Crippen LogP) is 6.50. The zero-order valence-electron chi connectivity index (χ0n) is 16.3. The number of rotatable bonds is 14. The first kappa shape index (κ1) is 22.2. The van der Waals surface area contributed by atoms with E-state index in [0.29, 0.717) is 5.56 Å². The summed E-state index contributed by atoms with van der Waals surface area (Å²) in [6.07, 6.45) is 12.3. The highest BCUT2D eigenvalue weighted by Crippen LogP contribution is 2.32. The summed E-state index contributed by atoms with van der Waals surface area (Å²) >= 11 is 0. The summed E-state index contributed by atoms with van der Waals surface area (Å²) in [5, 5.41) is 18.8. The van der Waals surface area contributed by atoms with E-state index in [-0.39, 0.29) is 17.0 Å². The summed E-state index contributed by atoms with van der Waals surface area (Å²) in [4.78, 5) is 23.0. The molecule has 0 spiro atoms. The molecule has 2 N–H and O–H groups in total. The van der Waals surface area contributed by atoms with E-state index in [1.54, 1.807) is 6.07 Å². The molecule has 0 bridgehead atoms. The van der Waals surface area contributed by atoms with Crippen LogP contribution in [0.5, 0.6) is 0 Å². The number of hydrogen-bond donors (Lipinski definition) is 2. The molecule has 0 saturated heterocycles. The van der Waals surface area contributed by atoms with E-state index >= 15 is 0 Å². The van der Waals surface area contributed by atoms with Gasteiger partial charge in [0.1, 0.15) is 0 Å². The molecule has 4 heteroatoms. The quantitative estimate of drug-likeness (QED) is 0.370. The van der Waals surface area contributed by atoms with Crippen LogP contribution in [0, 0.1) is 0 Å². The van der Waals surface area contributed by atoms with Crippen molar-refractivity contribution < 1.29 is 19.8 Å². The van der Waals surface area contributed by atoms with Gasteiger partial charge in [0.15, 0.2) is 0 Å². The Morgan fingerprint density at radius 2 is 1.35 bits per heavy atom. The summed E-state index contributed by atoms with van der Waals surface area (Å²) in [7, 11) is 0. The maximum atomic E-state index is 11.6. The molecule has 0 amide bonds. The van der Waals surface area contributed by atoms with E-state index in [2.05, 4.69) is 13.8 Å². The Morgan fingerprint density at radius 1 is 0.808 bits per heavy atom. The molecule has 0 saturated carbocycles. The molecule has 0 aliphatic rings. The third-order valence-corrected chi connectivity index (χ3v) is 5.03. The van der Waals surface area contributed by atoms with Gasteiger partial charge in [0.25, 0.3) is 0 Å². The molecule has 0 aliphatic heterocycles. The molecular weight excluding hydrogens is 328 g/mol. The van der Waals surface area contributed by atoms with E-state index < -0.39 is 11.9 Å². The van der Waals surface area contributed by atoms with Crippen molar-refractivity contribution in [3.8, 4) is 0 Å². The fourth-order valence-corrected chi connectivity index (χ4v) is 3.50. The molecule has 1 rings (SSSR count). The van der Waals surface area contributed by atoms with Crippen molar-refractivity contribution >= 4 is 11.9 Å². The standard InChI is InChI=1S/C22H34O4/c1-3-5-7-8-9-11-13-17(12-10-6-4-2)20-16-18(21(23)24)14-15-19(20)22(25)26/h14-17H,3-13H2,1-2H3,(H,23,24)(H,25,26). The number of carbonyl (C=O) groups is 2. The third-order valence-electron chi connectivity index (χ3n) is 5.03. The van der Waals surface area contributed by atoms with E-state index in [9.17, 15) is 19.8 Å².